The minimum absolute atomic E-state index is 0.0532. The van der Waals surface area contributed by atoms with E-state index in [4.69, 9.17) is 10.5 Å². The molecule has 3 aliphatic rings. The van der Waals surface area contributed by atoms with Crippen molar-refractivity contribution < 1.29 is 40.7 Å². The van der Waals surface area contributed by atoms with E-state index in [0.29, 0.717) is 23.4 Å². The lowest BCUT2D eigenvalue weighted by Gasteiger charge is -2.44. The van der Waals surface area contributed by atoms with Gasteiger partial charge >= 0.3 is 24.5 Å². The van der Waals surface area contributed by atoms with Crippen LogP contribution in [0.5, 0.6) is 0 Å². The number of benzene rings is 2. The quantitative estimate of drug-likeness (QED) is 0.395. The minimum Gasteiger partial charge on any atom is -0.449 e. The molecule has 2 N–H and O–H groups in total. The van der Waals surface area contributed by atoms with Crippen molar-refractivity contribution in [1.29, 1.82) is 0 Å². The summed E-state index contributed by atoms with van der Waals surface area (Å²) >= 11 is 0. The fraction of sp³-hybridized carbons (Fsp3) is 0.500. The van der Waals surface area contributed by atoms with Crippen molar-refractivity contribution in [1.82, 2.24) is 4.90 Å². The third-order valence-corrected chi connectivity index (χ3v) is 7.95. The lowest BCUT2D eigenvalue weighted by molar-refractivity contribution is -0.143. The maximum Gasteiger partial charge on any atom is 0.416 e. The molecule has 216 valence electrons. The van der Waals surface area contributed by atoms with Gasteiger partial charge in [0.1, 0.15) is 0 Å². The molecule has 0 aromatic heterocycles. The van der Waals surface area contributed by atoms with Crippen molar-refractivity contribution in [2.45, 2.75) is 76.4 Å². The summed E-state index contributed by atoms with van der Waals surface area (Å²) in [7, 11) is 0. The van der Waals surface area contributed by atoms with Gasteiger partial charge in [-0.3, -0.25) is 4.90 Å². The lowest BCUT2D eigenvalue weighted by atomic mass is 9.86. The number of alkyl halides is 6. The van der Waals surface area contributed by atoms with Gasteiger partial charge in [0.2, 0.25) is 0 Å². The molecule has 1 heterocycles. The molecule has 6 nitrogen and oxygen atoms in total. The number of urea groups is 1. The summed E-state index contributed by atoms with van der Waals surface area (Å²) < 4.78 is 86.5. The van der Waals surface area contributed by atoms with E-state index in [1.165, 1.54) is 0 Å². The summed E-state index contributed by atoms with van der Waals surface area (Å²) in [6.07, 6.45) is -6.19. The van der Waals surface area contributed by atoms with Gasteiger partial charge in [-0.15, -0.1) is 0 Å². The number of nitrogens with two attached hydrogens (primary N) is 1. The second-order valence-electron chi connectivity index (χ2n) is 10.6. The zero-order valence-corrected chi connectivity index (χ0v) is 21.7. The molecule has 2 aromatic rings. The van der Waals surface area contributed by atoms with Gasteiger partial charge in [-0.1, -0.05) is 6.07 Å². The van der Waals surface area contributed by atoms with Crippen molar-refractivity contribution in [3.63, 3.8) is 0 Å². The second-order valence-corrected chi connectivity index (χ2v) is 10.6. The highest BCUT2D eigenvalue weighted by molar-refractivity contribution is 5.91. The van der Waals surface area contributed by atoms with Crippen LogP contribution < -0.4 is 10.6 Å². The molecule has 0 bridgehead atoms. The number of carbonyl (C=O) groups excluding carboxylic acids is 2. The summed E-state index contributed by atoms with van der Waals surface area (Å²) in [5.74, 6) is 0.119. The van der Waals surface area contributed by atoms with E-state index >= 15 is 0 Å². The molecular weight excluding hydrogens is 540 g/mol. The number of hydrogen-bond donors (Lipinski definition) is 1. The molecule has 1 aliphatic heterocycles. The Kier molecular flexibility index (Phi) is 7.16. The van der Waals surface area contributed by atoms with Crippen LogP contribution in [0.4, 0.5) is 41.6 Å². The Bertz CT molecular complexity index is 1290. The van der Waals surface area contributed by atoms with Crippen LogP contribution in [0.2, 0.25) is 0 Å². The van der Waals surface area contributed by atoms with Gasteiger partial charge in [0.15, 0.2) is 0 Å². The summed E-state index contributed by atoms with van der Waals surface area (Å²) in [4.78, 5) is 28.7. The number of nitrogens with zero attached hydrogens (tertiary/aromatic N) is 2. The first-order valence-electron chi connectivity index (χ1n) is 13.2. The standard InChI is InChI=1S/C28H29F6N3O3/c1-2-40-26(39)37-22(16-6-7-16)13-23(21-10-17-4-3-5-18(17)11-24(21)37)36(25(35)38)14-15-8-19(27(29,30)31)12-20(9-15)28(32,33)34/h8-12,16,22-23H,2-7,13-14H2,1H3,(H2,35,38). The minimum atomic E-state index is -5.03. The fourth-order valence-corrected chi connectivity index (χ4v) is 6.00. The zero-order valence-electron chi connectivity index (χ0n) is 21.7. The SMILES string of the molecule is CCOC(=O)N1c2cc3c(cc2C(N(Cc2cc(C(F)(F)F)cc(C(F)(F)F)c2)C(N)=O)CC1C1CC1)CCC3. The van der Waals surface area contributed by atoms with Gasteiger partial charge < -0.3 is 15.4 Å². The molecule has 0 saturated heterocycles. The number of primary amides is 1. The number of anilines is 1. The van der Waals surface area contributed by atoms with Gasteiger partial charge in [0, 0.05) is 12.6 Å². The highest BCUT2D eigenvalue weighted by Gasteiger charge is 2.47. The highest BCUT2D eigenvalue weighted by atomic mass is 19.4. The number of halogens is 6. The van der Waals surface area contributed by atoms with Gasteiger partial charge in [-0.2, -0.15) is 26.3 Å². The Balaban J connectivity index is 1.61. The molecule has 2 aliphatic carbocycles. The van der Waals surface area contributed by atoms with Crippen LogP contribution in [-0.2, 0) is 36.5 Å². The number of fused-ring (bicyclic) bond motifs is 2. The maximum atomic E-state index is 13.5. The zero-order chi connectivity index (χ0) is 29.0. The van der Waals surface area contributed by atoms with E-state index < -0.39 is 48.2 Å². The van der Waals surface area contributed by atoms with E-state index in [0.717, 1.165) is 48.1 Å². The molecule has 2 atom stereocenters. The van der Waals surface area contributed by atoms with Crippen molar-refractivity contribution in [2.75, 3.05) is 11.5 Å². The Hall–Kier alpha value is -3.44. The Labute approximate surface area is 227 Å². The van der Waals surface area contributed by atoms with Crippen LogP contribution in [0.3, 0.4) is 0 Å². The van der Waals surface area contributed by atoms with E-state index in [2.05, 4.69) is 0 Å². The summed E-state index contributed by atoms with van der Waals surface area (Å²) in [5, 5.41) is 0. The average Bonchev–Trinajstić information content (AvgIpc) is 3.61. The van der Waals surface area contributed by atoms with E-state index in [-0.39, 0.29) is 36.6 Å². The van der Waals surface area contributed by atoms with E-state index in [1.54, 1.807) is 11.8 Å². The topological polar surface area (TPSA) is 75.9 Å². The number of ether oxygens (including phenoxy) is 1. The Morgan fingerprint density at radius 1 is 0.975 bits per heavy atom. The molecule has 3 amide bonds. The van der Waals surface area contributed by atoms with E-state index in [1.807, 2.05) is 12.1 Å². The fourth-order valence-electron chi connectivity index (χ4n) is 6.00. The van der Waals surface area contributed by atoms with Crippen LogP contribution in [0.25, 0.3) is 0 Å². The molecule has 2 aromatic carbocycles. The number of amides is 3. The van der Waals surface area contributed by atoms with Crippen LogP contribution in [0.1, 0.15) is 72.0 Å². The van der Waals surface area contributed by atoms with Crippen molar-refractivity contribution in [2.24, 2.45) is 11.7 Å². The number of aryl methyl sites for hydroxylation is 2. The lowest BCUT2D eigenvalue weighted by Crippen LogP contribution is -2.50. The highest BCUT2D eigenvalue weighted by Crippen LogP contribution is 2.50. The van der Waals surface area contributed by atoms with Crippen molar-refractivity contribution in [3.05, 3.63) is 63.7 Å². The second kappa shape index (κ2) is 10.2. The van der Waals surface area contributed by atoms with Gasteiger partial charge in [-0.05, 0) is 97.9 Å². The van der Waals surface area contributed by atoms with Gasteiger partial charge in [-0.25, -0.2) is 9.59 Å². The summed E-state index contributed by atoms with van der Waals surface area (Å²) in [5.41, 5.74) is 5.67. The van der Waals surface area contributed by atoms with Crippen molar-refractivity contribution >= 4 is 17.8 Å². The molecule has 5 rings (SSSR count). The molecule has 40 heavy (non-hydrogen) atoms. The summed E-state index contributed by atoms with van der Waals surface area (Å²) in [6.45, 7) is 1.28. The average molecular weight is 570 g/mol. The monoisotopic (exact) mass is 569 g/mol. The van der Waals surface area contributed by atoms with Gasteiger partial charge in [0.05, 0.1) is 29.5 Å². The van der Waals surface area contributed by atoms with E-state index in [9.17, 15) is 35.9 Å². The molecule has 0 spiro atoms. The first-order valence-corrected chi connectivity index (χ1v) is 13.2. The van der Waals surface area contributed by atoms with Gasteiger partial charge in [0.25, 0.3) is 0 Å². The predicted octanol–water partition coefficient (Wildman–Crippen LogP) is 6.98. The normalized spacial score (nSPS) is 20.6. The first-order chi connectivity index (χ1) is 18.8. The molecule has 12 heteroatoms. The number of carbonyl (C=O) groups is 2. The molecular formula is C28H29F6N3O3. The Morgan fingerprint density at radius 3 is 2.10 bits per heavy atom. The first kappa shape index (κ1) is 28.1. The Morgan fingerprint density at radius 2 is 1.57 bits per heavy atom. The third-order valence-electron chi connectivity index (χ3n) is 7.95. The largest absolute Gasteiger partial charge is 0.449 e. The van der Waals surface area contributed by atoms with Crippen LogP contribution >= 0.6 is 0 Å². The predicted molar refractivity (Wildman–Crippen MR) is 133 cm³/mol. The molecule has 0 radical (unpaired) electrons. The molecule has 1 fully saturated rings. The van der Waals surface area contributed by atoms with Crippen LogP contribution in [0, 0.1) is 5.92 Å². The number of hydrogen-bond acceptors (Lipinski definition) is 3. The third kappa shape index (κ3) is 5.44. The van der Waals surface area contributed by atoms with Crippen LogP contribution in [0.15, 0.2) is 30.3 Å². The maximum absolute atomic E-state index is 13.5. The van der Waals surface area contributed by atoms with Crippen LogP contribution in [-0.4, -0.2) is 29.7 Å². The smallest absolute Gasteiger partial charge is 0.416 e. The number of rotatable bonds is 5. The molecule has 1 saturated carbocycles. The summed E-state index contributed by atoms with van der Waals surface area (Å²) in [6, 6.07) is 2.95. The van der Waals surface area contributed by atoms with Crippen molar-refractivity contribution in [3.8, 4) is 0 Å². The molecule has 2 unspecified atom stereocenters.